The van der Waals surface area contributed by atoms with Gasteiger partial charge in [0.05, 0.1) is 11.1 Å². The predicted octanol–water partition coefficient (Wildman–Crippen LogP) is 0.712. The molecule has 1 fully saturated rings. The van der Waals surface area contributed by atoms with Crippen molar-refractivity contribution in [2.45, 2.75) is 18.9 Å². The van der Waals surface area contributed by atoms with Gasteiger partial charge in [-0.3, -0.25) is 19.6 Å². The van der Waals surface area contributed by atoms with E-state index in [-0.39, 0.29) is 23.8 Å². The number of aromatic carboxylic acids is 1. The zero-order valence-electron chi connectivity index (χ0n) is 10.4. The van der Waals surface area contributed by atoms with E-state index in [1.165, 1.54) is 16.8 Å². The van der Waals surface area contributed by atoms with Gasteiger partial charge in [0, 0.05) is 18.0 Å². The van der Waals surface area contributed by atoms with Crippen molar-refractivity contribution in [2.24, 2.45) is 0 Å². The predicted molar refractivity (Wildman–Crippen MR) is 68.1 cm³/mol. The fraction of sp³-hybridized carbons (Fsp3) is 0.231. The lowest BCUT2D eigenvalue weighted by Gasteiger charge is -2.20. The number of piperidine rings is 1. The average Bonchev–Trinajstić information content (AvgIpc) is 2.80. The first kappa shape index (κ1) is 12.3. The van der Waals surface area contributed by atoms with Crippen molar-refractivity contribution in [3.63, 3.8) is 0 Å². The Hall–Kier alpha value is -2.70. The molecule has 3 rings (SSSR count). The lowest BCUT2D eigenvalue weighted by Crippen LogP contribution is -2.41. The molecule has 1 aliphatic rings. The number of hydrogen-bond acceptors (Lipinski definition) is 4. The molecule has 2 amide bonds. The molecule has 0 radical (unpaired) electrons. The fourth-order valence-electron chi connectivity index (χ4n) is 2.27. The Balaban J connectivity index is 1.98. The van der Waals surface area contributed by atoms with Crippen LogP contribution >= 0.6 is 0 Å². The number of amides is 2. The molecule has 0 bridgehead atoms. The van der Waals surface area contributed by atoms with Crippen molar-refractivity contribution in [3.8, 4) is 0 Å². The Labute approximate surface area is 113 Å². The molecule has 1 saturated heterocycles. The third-order valence-electron chi connectivity index (χ3n) is 3.30. The van der Waals surface area contributed by atoms with Crippen molar-refractivity contribution in [2.75, 3.05) is 0 Å². The molecule has 20 heavy (non-hydrogen) atoms. The number of imide groups is 1. The van der Waals surface area contributed by atoms with Gasteiger partial charge in [0.1, 0.15) is 6.04 Å². The summed E-state index contributed by atoms with van der Waals surface area (Å²) in [5, 5.41) is 16.1. The molecule has 1 unspecified atom stereocenters. The van der Waals surface area contributed by atoms with Crippen LogP contribution in [0.25, 0.3) is 10.9 Å². The number of nitrogens with zero attached hydrogens (tertiary/aromatic N) is 2. The van der Waals surface area contributed by atoms with Crippen LogP contribution in [0, 0.1) is 0 Å². The highest BCUT2D eigenvalue weighted by Crippen LogP contribution is 2.22. The maximum absolute atomic E-state index is 11.8. The maximum atomic E-state index is 11.8. The first-order chi connectivity index (χ1) is 9.54. The highest BCUT2D eigenvalue weighted by atomic mass is 16.4. The first-order valence-electron chi connectivity index (χ1n) is 6.10. The third-order valence-corrected chi connectivity index (χ3v) is 3.30. The summed E-state index contributed by atoms with van der Waals surface area (Å²) in [6.07, 6.45) is 2.29. The minimum absolute atomic E-state index is 0.167. The van der Waals surface area contributed by atoms with Crippen LogP contribution in [0.5, 0.6) is 0 Å². The normalized spacial score (nSPS) is 19.1. The average molecular weight is 273 g/mol. The summed E-state index contributed by atoms with van der Waals surface area (Å²) in [6.45, 7) is 0. The second-order valence-corrected chi connectivity index (χ2v) is 4.65. The molecule has 102 valence electrons. The first-order valence-corrected chi connectivity index (χ1v) is 6.10. The van der Waals surface area contributed by atoms with Crippen LogP contribution in [-0.4, -0.2) is 32.7 Å². The zero-order valence-corrected chi connectivity index (χ0v) is 10.4. The van der Waals surface area contributed by atoms with E-state index in [4.69, 9.17) is 5.11 Å². The van der Waals surface area contributed by atoms with Gasteiger partial charge in [0.2, 0.25) is 5.91 Å². The highest BCUT2D eigenvalue weighted by Gasteiger charge is 2.28. The molecule has 1 aliphatic heterocycles. The van der Waals surface area contributed by atoms with Gasteiger partial charge in [0.25, 0.3) is 5.91 Å². The lowest BCUT2D eigenvalue weighted by atomic mass is 10.1. The summed E-state index contributed by atoms with van der Waals surface area (Å²) in [5.74, 6) is -1.68. The Kier molecular flexibility index (Phi) is 2.74. The van der Waals surface area contributed by atoms with Crippen LogP contribution in [-0.2, 0) is 9.59 Å². The summed E-state index contributed by atoms with van der Waals surface area (Å²) in [4.78, 5) is 33.8. The topological polar surface area (TPSA) is 101 Å². The summed E-state index contributed by atoms with van der Waals surface area (Å²) in [5.41, 5.74) is 0.778. The van der Waals surface area contributed by atoms with E-state index >= 15 is 0 Å². The number of carboxylic acids is 1. The molecule has 0 saturated carbocycles. The number of aromatic nitrogens is 2. The standard InChI is InChI=1S/C13H11N3O4/c17-11-4-3-10(12(18)14-11)16-6-8-5-7(13(19)20)1-2-9(8)15-16/h1-2,5-6,10H,3-4H2,(H,19,20)(H,14,17,18). The Morgan fingerprint density at radius 1 is 1.40 bits per heavy atom. The van der Waals surface area contributed by atoms with Gasteiger partial charge in [-0.05, 0) is 24.6 Å². The van der Waals surface area contributed by atoms with E-state index in [1.807, 2.05) is 0 Å². The molecular formula is C13H11N3O4. The van der Waals surface area contributed by atoms with Gasteiger partial charge in [-0.15, -0.1) is 0 Å². The summed E-state index contributed by atoms with van der Waals surface area (Å²) < 4.78 is 1.48. The number of benzene rings is 1. The van der Waals surface area contributed by atoms with E-state index in [1.54, 1.807) is 12.3 Å². The Bertz CT molecular complexity index is 734. The van der Waals surface area contributed by atoms with Crippen LogP contribution in [0.15, 0.2) is 24.4 Å². The molecule has 0 aliphatic carbocycles. The number of carboxylic acid groups (broad SMARTS) is 1. The number of fused-ring (bicyclic) bond motifs is 1. The minimum atomic E-state index is -1.01. The number of carbonyl (C=O) groups is 3. The smallest absolute Gasteiger partial charge is 0.335 e. The Morgan fingerprint density at radius 2 is 2.20 bits per heavy atom. The van der Waals surface area contributed by atoms with Crippen LogP contribution in [0.2, 0.25) is 0 Å². The van der Waals surface area contributed by atoms with E-state index in [0.29, 0.717) is 17.3 Å². The van der Waals surface area contributed by atoms with Gasteiger partial charge in [-0.2, -0.15) is 5.10 Å². The van der Waals surface area contributed by atoms with Crippen LogP contribution in [0.3, 0.4) is 0 Å². The molecule has 1 aromatic heterocycles. The Morgan fingerprint density at radius 3 is 2.90 bits per heavy atom. The molecule has 2 heterocycles. The molecule has 0 spiro atoms. The minimum Gasteiger partial charge on any atom is -0.478 e. The van der Waals surface area contributed by atoms with Gasteiger partial charge < -0.3 is 5.11 Å². The van der Waals surface area contributed by atoms with Gasteiger partial charge in [-0.25, -0.2) is 4.79 Å². The van der Waals surface area contributed by atoms with Crippen molar-refractivity contribution in [3.05, 3.63) is 30.0 Å². The molecule has 7 nitrogen and oxygen atoms in total. The SMILES string of the molecule is O=C1CCC(n2cc3cc(C(=O)O)ccc3n2)C(=O)N1. The van der Waals surface area contributed by atoms with Crippen molar-refractivity contribution >= 4 is 28.7 Å². The summed E-state index contributed by atoms with van der Waals surface area (Å²) >= 11 is 0. The van der Waals surface area contributed by atoms with Crippen LogP contribution in [0.1, 0.15) is 29.2 Å². The second kappa shape index (κ2) is 4.44. The van der Waals surface area contributed by atoms with E-state index in [0.717, 1.165) is 0 Å². The quantitative estimate of drug-likeness (QED) is 0.785. The highest BCUT2D eigenvalue weighted by molar-refractivity contribution is 5.99. The number of nitrogens with one attached hydrogen (secondary N) is 1. The van der Waals surface area contributed by atoms with Gasteiger partial charge in [0.15, 0.2) is 0 Å². The number of rotatable bonds is 2. The van der Waals surface area contributed by atoms with Crippen LogP contribution in [0.4, 0.5) is 0 Å². The molecule has 1 aromatic carbocycles. The lowest BCUT2D eigenvalue weighted by molar-refractivity contribution is -0.135. The second-order valence-electron chi connectivity index (χ2n) is 4.65. The van der Waals surface area contributed by atoms with Crippen molar-refractivity contribution in [1.82, 2.24) is 15.1 Å². The van der Waals surface area contributed by atoms with Crippen molar-refractivity contribution < 1.29 is 19.5 Å². The number of carbonyl (C=O) groups excluding carboxylic acids is 2. The molecular weight excluding hydrogens is 262 g/mol. The zero-order chi connectivity index (χ0) is 14.3. The monoisotopic (exact) mass is 273 g/mol. The molecule has 2 aromatic rings. The van der Waals surface area contributed by atoms with E-state index in [2.05, 4.69) is 10.4 Å². The summed E-state index contributed by atoms with van der Waals surface area (Å²) in [7, 11) is 0. The summed E-state index contributed by atoms with van der Waals surface area (Å²) in [6, 6.07) is 4.04. The van der Waals surface area contributed by atoms with Crippen molar-refractivity contribution in [1.29, 1.82) is 0 Å². The van der Waals surface area contributed by atoms with E-state index in [9.17, 15) is 14.4 Å². The fourth-order valence-corrected chi connectivity index (χ4v) is 2.27. The number of hydrogen-bond donors (Lipinski definition) is 2. The molecule has 1 atom stereocenters. The largest absolute Gasteiger partial charge is 0.478 e. The van der Waals surface area contributed by atoms with E-state index < -0.39 is 12.0 Å². The maximum Gasteiger partial charge on any atom is 0.335 e. The molecule has 2 N–H and O–H groups in total. The van der Waals surface area contributed by atoms with Gasteiger partial charge >= 0.3 is 5.97 Å². The van der Waals surface area contributed by atoms with Crippen LogP contribution < -0.4 is 5.32 Å². The molecule has 7 heteroatoms. The third kappa shape index (κ3) is 2.03. The van der Waals surface area contributed by atoms with Gasteiger partial charge in [-0.1, -0.05) is 0 Å².